The number of carbonyl (C=O) groups is 2. The van der Waals surface area contributed by atoms with Crippen molar-refractivity contribution >= 4 is 11.8 Å². The fourth-order valence-corrected chi connectivity index (χ4v) is 4.22. The number of hydrogen-bond acceptors (Lipinski definition) is 4. The summed E-state index contributed by atoms with van der Waals surface area (Å²) in [6.45, 7) is 4.35. The molecule has 4 rings (SSSR count). The summed E-state index contributed by atoms with van der Waals surface area (Å²) in [5.41, 5.74) is 3.13. The van der Waals surface area contributed by atoms with Crippen LogP contribution in [0.5, 0.6) is 11.5 Å². The Morgan fingerprint density at radius 1 is 0.933 bits per heavy atom. The zero-order valence-electron chi connectivity index (χ0n) is 17.6. The van der Waals surface area contributed by atoms with Crippen LogP contribution in [-0.2, 0) is 17.8 Å². The van der Waals surface area contributed by atoms with Crippen LogP contribution in [0.15, 0.2) is 42.5 Å². The van der Waals surface area contributed by atoms with Gasteiger partial charge in [-0.1, -0.05) is 24.3 Å². The molecule has 1 fully saturated rings. The molecule has 2 heterocycles. The zero-order valence-corrected chi connectivity index (χ0v) is 17.6. The fourth-order valence-electron chi connectivity index (χ4n) is 4.22. The average Bonchev–Trinajstić information content (AvgIpc) is 2.79. The van der Waals surface area contributed by atoms with Crippen LogP contribution in [0.1, 0.15) is 41.3 Å². The van der Waals surface area contributed by atoms with E-state index in [0.29, 0.717) is 43.2 Å². The molecule has 6 heteroatoms. The Bertz CT molecular complexity index is 935. The highest BCUT2D eigenvalue weighted by molar-refractivity contribution is 5.95. The van der Waals surface area contributed by atoms with E-state index in [-0.39, 0.29) is 17.9 Å². The van der Waals surface area contributed by atoms with E-state index in [0.717, 1.165) is 19.3 Å². The number of ether oxygens (including phenoxy) is 2. The lowest BCUT2D eigenvalue weighted by Gasteiger charge is -2.32. The minimum atomic E-state index is 0.00381. The van der Waals surface area contributed by atoms with E-state index in [1.807, 2.05) is 34.1 Å². The first-order valence-corrected chi connectivity index (χ1v) is 10.5. The molecule has 0 aromatic heterocycles. The number of benzene rings is 2. The van der Waals surface area contributed by atoms with Crippen molar-refractivity contribution < 1.29 is 19.1 Å². The number of piperidine rings is 1. The summed E-state index contributed by atoms with van der Waals surface area (Å²) >= 11 is 0. The number of fused-ring (bicyclic) bond motifs is 1. The molecule has 0 spiro atoms. The van der Waals surface area contributed by atoms with Crippen LogP contribution in [0.2, 0.25) is 0 Å². The monoisotopic (exact) mass is 408 g/mol. The van der Waals surface area contributed by atoms with Gasteiger partial charge in [-0.3, -0.25) is 9.59 Å². The summed E-state index contributed by atoms with van der Waals surface area (Å²) in [6.07, 6.45) is 2.49. The Labute approximate surface area is 177 Å². The molecule has 30 heavy (non-hydrogen) atoms. The molecule has 0 bridgehead atoms. The quantitative estimate of drug-likeness (QED) is 0.779. The Balaban J connectivity index is 1.43. The van der Waals surface area contributed by atoms with E-state index in [4.69, 9.17) is 9.47 Å². The number of carbonyl (C=O) groups excluding carboxylic acids is 2. The zero-order chi connectivity index (χ0) is 21.1. The first-order chi connectivity index (χ1) is 14.5. The largest absolute Gasteiger partial charge is 0.493 e. The van der Waals surface area contributed by atoms with Crippen LogP contribution in [-0.4, -0.2) is 54.5 Å². The minimum Gasteiger partial charge on any atom is -0.493 e. The summed E-state index contributed by atoms with van der Waals surface area (Å²) in [6, 6.07) is 13.7. The molecule has 0 saturated carbocycles. The predicted molar refractivity (Wildman–Crippen MR) is 114 cm³/mol. The first kappa shape index (κ1) is 20.3. The van der Waals surface area contributed by atoms with Crippen molar-refractivity contribution in [2.75, 3.05) is 26.7 Å². The topological polar surface area (TPSA) is 59.1 Å². The smallest absolute Gasteiger partial charge is 0.254 e. The van der Waals surface area contributed by atoms with Crippen LogP contribution >= 0.6 is 0 Å². The van der Waals surface area contributed by atoms with Gasteiger partial charge in [0.05, 0.1) is 7.11 Å². The number of nitrogens with zero attached hydrogens (tertiary/aromatic N) is 2. The van der Waals surface area contributed by atoms with E-state index in [9.17, 15) is 9.59 Å². The lowest BCUT2D eigenvalue weighted by atomic mass is 9.99. The molecule has 0 N–H and O–H groups in total. The van der Waals surface area contributed by atoms with Crippen LogP contribution in [0, 0.1) is 0 Å². The van der Waals surface area contributed by atoms with Crippen molar-refractivity contribution in [3.05, 3.63) is 59.2 Å². The maximum Gasteiger partial charge on any atom is 0.254 e. The molecule has 0 radical (unpaired) electrons. The molecule has 2 aliphatic rings. The van der Waals surface area contributed by atoms with E-state index in [1.54, 1.807) is 20.1 Å². The van der Waals surface area contributed by atoms with Crippen molar-refractivity contribution in [3.8, 4) is 11.5 Å². The molecule has 6 nitrogen and oxygen atoms in total. The van der Waals surface area contributed by atoms with Crippen molar-refractivity contribution in [1.82, 2.24) is 9.80 Å². The molecular weight excluding hydrogens is 380 g/mol. The summed E-state index contributed by atoms with van der Waals surface area (Å²) in [4.78, 5) is 28.3. The van der Waals surface area contributed by atoms with Gasteiger partial charge < -0.3 is 19.3 Å². The van der Waals surface area contributed by atoms with Gasteiger partial charge in [-0.05, 0) is 35.7 Å². The third-order valence-electron chi connectivity index (χ3n) is 6.01. The third kappa shape index (κ3) is 4.27. The third-order valence-corrected chi connectivity index (χ3v) is 6.01. The molecule has 2 amide bonds. The van der Waals surface area contributed by atoms with Crippen LogP contribution < -0.4 is 9.47 Å². The van der Waals surface area contributed by atoms with Gasteiger partial charge in [0.1, 0.15) is 6.10 Å². The van der Waals surface area contributed by atoms with Crippen molar-refractivity contribution in [2.24, 2.45) is 0 Å². The van der Waals surface area contributed by atoms with Gasteiger partial charge in [-0.25, -0.2) is 0 Å². The van der Waals surface area contributed by atoms with E-state index in [1.165, 1.54) is 11.1 Å². The standard InChI is InChI=1S/C24H28N2O4/c1-17(27)25-13-10-21(11-14-25)30-22-8-7-19(15-23(22)29-2)24(28)26-12-9-18-5-3-4-6-20(18)16-26/h3-8,15,21H,9-14,16H2,1-2H3. The van der Waals surface area contributed by atoms with Crippen LogP contribution in [0.3, 0.4) is 0 Å². The van der Waals surface area contributed by atoms with Gasteiger partial charge >= 0.3 is 0 Å². The Kier molecular flexibility index (Phi) is 5.93. The average molecular weight is 408 g/mol. The molecule has 0 atom stereocenters. The minimum absolute atomic E-state index is 0.00381. The van der Waals surface area contributed by atoms with E-state index >= 15 is 0 Å². The van der Waals surface area contributed by atoms with Gasteiger partial charge in [0.2, 0.25) is 5.91 Å². The van der Waals surface area contributed by atoms with Gasteiger partial charge in [-0.2, -0.15) is 0 Å². The van der Waals surface area contributed by atoms with Gasteiger partial charge in [0.25, 0.3) is 5.91 Å². The predicted octanol–water partition coefficient (Wildman–Crippen LogP) is 3.28. The van der Waals surface area contributed by atoms with Crippen molar-refractivity contribution in [2.45, 2.75) is 38.8 Å². The summed E-state index contributed by atoms with van der Waals surface area (Å²) in [5.74, 6) is 1.31. The molecule has 1 saturated heterocycles. The Hall–Kier alpha value is -3.02. The summed E-state index contributed by atoms with van der Waals surface area (Å²) < 4.78 is 11.7. The molecule has 2 aromatic carbocycles. The molecule has 0 unspecified atom stereocenters. The number of rotatable bonds is 4. The molecule has 0 aliphatic carbocycles. The summed E-state index contributed by atoms with van der Waals surface area (Å²) in [5, 5.41) is 0. The van der Waals surface area contributed by atoms with Gasteiger partial charge in [-0.15, -0.1) is 0 Å². The fraction of sp³-hybridized carbons (Fsp3) is 0.417. The van der Waals surface area contributed by atoms with Crippen molar-refractivity contribution in [3.63, 3.8) is 0 Å². The van der Waals surface area contributed by atoms with Gasteiger partial charge in [0, 0.05) is 51.5 Å². The molecule has 2 aliphatic heterocycles. The van der Waals surface area contributed by atoms with E-state index in [2.05, 4.69) is 12.1 Å². The second kappa shape index (κ2) is 8.78. The second-order valence-corrected chi connectivity index (χ2v) is 7.93. The Morgan fingerprint density at radius 2 is 1.67 bits per heavy atom. The molecule has 158 valence electrons. The van der Waals surface area contributed by atoms with Gasteiger partial charge in [0.15, 0.2) is 11.5 Å². The Morgan fingerprint density at radius 3 is 2.37 bits per heavy atom. The number of hydrogen-bond donors (Lipinski definition) is 0. The molecular formula is C24H28N2O4. The highest BCUT2D eigenvalue weighted by Crippen LogP contribution is 2.31. The molecule has 2 aromatic rings. The van der Waals surface area contributed by atoms with Crippen LogP contribution in [0.4, 0.5) is 0 Å². The highest BCUT2D eigenvalue weighted by atomic mass is 16.5. The lowest BCUT2D eigenvalue weighted by Crippen LogP contribution is -2.40. The summed E-state index contributed by atoms with van der Waals surface area (Å²) in [7, 11) is 1.59. The SMILES string of the molecule is COc1cc(C(=O)N2CCc3ccccc3C2)ccc1OC1CCN(C(C)=O)CC1. The number of methoxy groups -OCH3 is 1. The first-order valence-electron chi connectivity index (χ1n) is 10.5. The second-order valence-electron chi connectivity index (χ2n) is 7.93. The normalized spacial score (nSPS) is 16.7. The van der Waals surface area contributed by atoms with Crippen LogP contribution in [0.25, 0.3) is 0 Å². The maximum absolute atomic E-state index is 13.1. The van der Waals surface area contributed by atoms with E-state index < -0.39 is 0 Å². The lowest BCUT2D eigenvalue weighted by molar-refractivity contribution is -0.130. The number of likely N-dealkylation sites (tertiary alicyclic amines) is 1. The number of amides is 2. The van der Waals surface area contributed by atoms with Crippen molar-refractivity contribution in [1.29, 1.82) is 0 Å². The highest BCUT2D eigenvalue weighted by Gasteiger charge is 2.25. The maximum atomic E-state index is 13.1.